The molecule has 1 heteroatoms. The van der Waals surface area contributed by atoms with Crippen LogP contribution in [0.25, 0.3) is 44.0 Å². The van der Waals surface area contributed by atoms with Gasteiger partial charge in [0.1, 0.15) is 0 Å². The summed E-state index contributed by atoms with van der Waals surface area (Å²) in [7, 11) is 0. The molecule has 0 fully saturated rings. The Labute approximate surface area is 229 Å². The predicted molar refractivity (Wildman–Crippen MR) is 165 cm³/mol. The van der Waals surface area contributed by atoms with Crippen LogP contribution in [-0.4, -0.2) is 0 Å². The van der Waals surface area contributed by atoms with Crippen molar-refractivity contribution in [2.24, 2.45) is 0 Å². The van der Waals surface area contributed by atoms with Crippen molar-refractivity contribution in [1.29, 1.82) is 0 Å². The van der Waals surface area contributed by atoms with Gasteiger partial charge in [-0.25, -0.2) is 0 Å². The minimum absolute atomic E-state index is 0.363. The molecule has 0 atom stereocenters. The van der Waals surface area contributed by atoms with Crippen LogP contribution >= 0.6 is 15.9 Å². The highest BCUT2D eigenvalue weighted by molar-refractivity contribution is 9.10. The molecule has 6 aromatic carbocycles. The van der Waals surface area contributed by atoms with Gasteiger partial charge in [0, 0.05) is 4.47 Å². The largest absolute Gasteiger partial charge is 0.0652 e. The Kier molecular flexibility index (Phi) is 4.68. The second-order valence-electron chi connectivity index (χ2n) is 10.3. The van der Waals surface area contributed by atoms with E-state index in [1.807, 2.05) is 0 Å². The Morgan fingerprint density at radius 2 is 1.11 bits per heavy atom. The number of hydrogen-bond donors (Lipinski definition) is 0. The number of rotatable bonds is 2. The maximum atomic E-state index is 3.72. The van der Waals surface area contributed by atoms with Crippen LogP contribution in [0.15, 0.2) is 144 Å². The van der Waals surface area contributed by atoms with Crippen molar-refractivity contribution < 1.29 is 0 Å². The molecule has 2 aliphatic carbocycles. The average Bonchev–Trinajstić information content (AvgIpc) is 3.35. The van der Waals surface area contributed by atoms with E-state index in [-0.39, 0.29) is 5.41 Å². The topological polar surface area (TPSA) is 0 Å². The first-order valence-electron chi connectivity index (χ1n) is 13.1. The molecule has 6 aromatic rings. The van der Waals surface area contributed by atoms with E-state index in [0.717, 1.165) is 4.47 Å². The Morgan fingerprint density at radius 1 is 0.526 bits per heavy atom. The Bertz CT molecular complexity index is 2070. The van der Waals surface area contributed by atoms with Crippen molar-refractivity contribution in [2.75, 3.05) is 0 Å². The summed E-state index contributed by atoms with van der Waals surface area (Å²) in [5, 5.41) is 10.4. The second kappa shape index (κ2) is 8.15. The molecule has 2 aliphatic rings. The molecule has 0 amide bonds. The maximum absolute atomic E-state index is 3.72. The molecule has 38 heavy (non-hydrogen) atoms. The van der Waals surface area contributed by atoms with E-state index in [0.29, 0.717) is 0 Å². The third kappa shape index (κ3) is 2.97. The second-order valence-corrected chi connectivity index (χ2v) is 11.2. The van der Waals surface area contributed by atoms with Gasteiger partial charge in [-0.2, -0.15) is 0 Å². The van der Waals surface area contributed by atoms with E-state index >= 15 is 0 Å². The van der Waals surface area contributed by atoms with Crippen molar-refractivity contribution in [3.05, 3.63) is 165 Å². The van der Waals surface area contributed by atoms with E-state index < -0.39 is 0 Å². The van der Waals surface area contributed by atoms with Gasteiger partial charge in [0.2, 0.25) is 0 Å². The number of halogens is 1. The maximum Gasteiger partial charge on any atom is 0.0647 e. The molecule has 8 rings (SSSR count). The molecular formula is C37H23Br. The highest BCUT2D eigenvalue weighted by Crippen LogP contribution is 2.47. The van der Waals surface area contributed by atoms with Gasteiger partial charge >= 0.3 is 0 Å². The summed E-state index contributed by atoms with van der Waals surface area (Å²) in [6.45, 7) is 0. The molecule has 178 valence electrons. The lowest BCUT2D eigenvalue weighted by Gasteiger charge is -2.36. The highest BCUT2D eigenvalue weighted by atomic mass is 79.9. The molecule has 0 bridgehead atoms. The van der Waals surface area contributed by atoms with E-state index in [9.17, 15) is 0 Å². The SMILES string of the molecule is Brc1ccc2c(c1)c1ccccc1c1cc3c(cc21)=C1C(=CC=CC1(c1ccccc1)c1ccccc1)C=3. The molecule has 0 heterocycles. The summed E-state index contributed by atoms with van der Waals surface area (Å²) in [6, 6.07) is 42.3. The number of hydrogen-bond acceptors (Lipinski definition) is 0. The van der Waals surface area contributed by atoms with Gasteiger partial charge in [0.15, 0.2) is 0 Å². The fraction of sp³-hybridized carbons (Fsp3) is 0.0270. The summed E-state index contributed by atoms with van der Waals surface area (Å²) in [4.78, 5) is 0. The van der Waals surface area contributed by atoms with Crippen LogP contribution in [-0.2, 0) is 5.41 Å². The number of allylic oxidation sites excluding steroid dienone is 4. The van der Waals surface area contributed by atoms with Gasteiger partial charge in [0.25, 0.3) is 0 Å². The quantitative estimate of drug-likeness (QED) is 0.191. The molecule has 0 aromatic heterocycles. The Balaban J connectivity index is 1.58. The molecule has 0 spiro atoms. The van der Waals surface area contributed by atoms with Gasteiger partial charge in [-0.1, -0.05) is 125 Å². The van der Waals surface area contributed by atoms with E-state index in [1.54, 1.807) is 0 Å². The summed E-state index contributed by atoms with van der Waals surface area (Å²) >= 11 is 3.72. The first-order valence-corrected chi connectivity index (χ1v) is 13.8. The van der Waals surface area contributed by atoms with Gasteiger partial charge < -0.3 is 0 Å². The van der Waals surface area contributed by atoms with E-state index in [2.05, 4.69) is 155 Å². The molecule has 0 N–H and O–H groups in total. The lowest BCUT2D eigenvalue weighted by Crippen LogP contribution is -2.35. The van der Waals surface area contributed by atoms with Gasteiger partial charge in [-0.3, -0.25) is 0 Å². The Morgan fingerprint density at radius 3 is 1.79 bits per heavy atom. The van der Waals surface area contributed by atoms with Crippen LogP contribution in [0.3, 0.4) is 0 Å². The third-order valence-electron chi connectivity index (χ3n) is 8.31. The highest BCUT2D eigenvalue weighted by Gasteiger charge is 2.40. The lowest BCUT2D eigenvalue weighted by atomic mass is 9.65. The van der Waals surface area contributed by atoms with E-state index in [4.69, 9.17) is 0 Å². The monoisotopic (exact) mass is 546 g/mol. The van der Waals surface area contributed by atoms with Gasteiger partial charge in [-0.05, 0) is 95.4 Å². The zero-order valence-electron chi connectivity index (χ0n) is 20.7. The van der Waals surface area contributed by atoms with Crippen molar-refractivity contribution in [1.82, 2.24) is 0 Å². The van der Waals surface area contributed by atoms with Crippen LogP contribution < -0.4 is 10.4 Å². The van der Waals surface area contributed by atoms with Gasteiger partial charge in [-0.15, -0.1) is 0 Å². The normalized spacial score (nSPS) is 15.4. The minimum atomic E-state index is -0.363. The average molecular weight is 547 g/mol. The van der Waals surface area contributed by atoms with Crippen molar-refractivity contribution in [3.63, 3.8) is 0 Å². The van der Waals surface area contributed by atoms with Crippen LogP contribution in [0, 0.1) is 0 Å². The molecule has 0 unspecified atom stereocenters. The van der Waals surface area contributed by atoms with Crippen molar-refractivity contribution >= 4 is 59.9 Å². The first kappa shape index (κ1) is 21.8. The van der Waals surface area contributed by atoms with Crippen LogP contribution in [0.2, 0.25) is 0 Å². The summed E-state index contributed by atoms with van der Waals surface area (Å²) in [5.74, 6) is 0. The molecule has 0 saturated carbocycles. The van der Waals surface area contributed by atoms with Crippen molar-refractivity contribution in [2.45, 2.75) is 5.41 Å². The summed E-state index contributed by atoms with van der Waals surface area (Å²) < 4.78 is 1.10. The smallest absolute Gasteiger partial charge is 0.0647 e. The molecule has 0 nitrogen and oxygen atoms in total. The predicted octanol–water partition coefficient (Wildman–Crippen LogP) is 8.34. The first-order chi connectivity index (χ1) is 18.7. The zero-order chi connectivity index (χ0) is 25.3. The van der Waals surface area contributed by atoms with Crippen LogP contribution in [0.1, 0.15) is 11.1 Å². The molecule has 0 saturated heterocycles. The molecule has 0 aliphatic heterocycles. The fourth-order valence-electron chi connectivity index (χ4n) is 6.72. The van der Waals surface area contributed by atoms with Gasteiger partial charge in [0.05, 0.1) is 5.41 Å². The zero-order valence-corrected chi connectivity index (χ0v) is 22.2. The number of fused-ring (bicyclic) bond motifs is 8. The minimum Gasteiger partial charge on any atom is -0.0652 e. The van der Waals surface area contributed by atoms with Crippen molar-refractivity contribution in [3.8, 4) is 0 Å². The number of benzene rings is 6. The fourth-order valence-corrected chi connectivity index (χ4v) is 7.08. The molecular weight excluding hydrogens is 524 g/mol. The lowest BCUT2D eigenvalue weighted by molar-refractivity contribution is 0.830. The molecule has 0 radical (unpaired) electrons. The van der Waals surface area contributed by atoms with Crippen LogP contribution in [0.5, 0.6) is 0 Å². The van der Waals surface area contributed by atoms with Crippen LogP contribution in [0.4, 0.5) is 0 Å². The Hall–Kier alpha value is -4.20. The summed E-state index contributed by atoms with van der Waals surface area (Å²) in [6.07, 6.45) is 9.29. The standard InChI is InChI=1S/C37H23Br/c38-28-17-18-31-34(22-28)30-16-8-7-15-29(30)33-21-25-20-24-10-9-19-37(26-11-3-1-4-12-26,27-13-5-2-6-14-27)36(24)32(25)23-35(31)33/h1-23H. The third-order valence-corrected chi connectivity index (χ3v) is 8.81. The summed E-state index contributed by atoms with van der Waals surface area (Å²) in [5.41, 5.74) is 4.88. The van der Waals surface area contributed by atoms with E-state index in [1.165, 1.54) is 65.0 Å².